The lowest BCUT2D eigenvalue weighted by molar-refractivity contribution is 0.0950. The minimum Gasteiger partial charge on any atom is -0.398 e. The fourth-order valence-corrected chi connectivity index (χ4v) is 2.32. The van der Waals surface area contributed by atoms with Crippen LogP contribution in [0.5, 0.6) is 0 Å². The summed E-state index contributed by atoms with van der Waals surface area (Å²) >= 11 is 0. The summed E-state index contributed by atoms with van der Waals surface area (Å²) in [7, 11) is 0. The highest BCUT2D eigenvalue weighted by Gasteiger charge is 2.12. The van der Waals surface area contributed by atoms with Gasteiger partial charge in [-0.2, -0.15) is 0 Å². The Bertz CT molecular complexity index is 425. The molecule has 0 atom stereocenters. The Kier molecular flexibility index (Phi) is 4.20. The molecule has 1 aromatic rings. The first-order valence-electron chi connectivity index (χ1n) is 6.53. The van der Waals surface area contributed by atoms with E-state index in [-0.39, 0.29) is 5.91 Å². The number of benzene rings is 1. The Hall–Kier alpha value is -1.55. The predicted octanol–water partition coefficient (Wildman–Crippen LogP) is 1.40. The second-order valence-corrected chi connectivity index (χ2v) is 4.90. The maximum Gasteiger partial charge on any atom is 0.253 e. The van der Waals surface area contributed by atoms with Crippen LogP contribution in [0.4, 0.5) is 5.69 Å². The highest BCUT2D eigenvalue weighted by molar-refractivity contribution is 5.99. The fraction of sp³-hybridized carbons (Fsp3) is 0.500. The molecule has 98 valence electrons. The highest BCUT2D eigenvalue weighted by Crippen LogP contribution is 2.13. The molecule has 1 amide bonds. The molecule has 4 nitrogen and oxygen atoms in total. The zero-order valence-corrected chi connectivity index (χ0v) is 10.9. The second kappa shape index (κ2) is 5.87. The lowest BCUT2D eigenvalue weighted by Gasteiger charge is -2.15. The minimum atomic E-state index is -0.0771. The van der Waals surface area contributed by atoms with E-state index in [9.17, 15) is 4.79 Å². The van der Waals surface area contributed by atoms with E-state index in [1.165, 1.54) is 12.8 Å². The number of rotatable bonds is 4. The summed E-state index contributed by atoms with van der Waals surface area (Å²) in [5.74, 6) is -0.0771. The average Bonchev–Trinajstić information content (AvgIpc) is 2.81. The van der Waals surface area contributed by atoms with Crippen LogP contribution in [0.25, 0.3) is 0 Å². The topological polar surface area (TPSA) is 58.4 Å². The van der Waals surface area contributed by atoms with Gasteiger partial charge in [-0.3, -0.25) is 4.79 Å². The molecule has 0 aliphatic carbocycles. The zero-order valence-electron chi connectivity index (χ0n) is 10.9. The van der Waals surface area contributed by atoms with E-state index in [1.807, 2.05) is 19.1 Å². The summed E-state index contributed by atoms with van der Waals surface area (Å²) in [5.41, 5.74) is 8.04. The van der Waals surface area contributed by atoms with Crippen LogP contribution in [-0.2, 0) is 0 Å². The molecule has 0 aromatic heterocycles. The van der Waals surface area contributed by atoms with Crippen LogP contribution in [-0.4, -0.2) is 37.0 Å². The van der Waals surface area contributed by atoms with Gasteiger partial charge in [-0.05, 0) is 50.6 Å². The maximum atomic E-state index is 11.9. The van der Waals surface area contributed by atoms with E-state index in [0.717, 1.165) is 25.2 Å². The van der Waals surface area contributed by atoms with Crippen LogP contribution in [0, 0.1) is 6.92 Å². The summed E-state index contributed by atoms with van der Waals surface area (Å²) in [5, 5.41) is 2.93. The molecule has 1 saturated heterocycles. The number of hydrogen-bond donors (Lipinski definition) is 2. The number of nitrogens with two attached hydrogens (primary N) is 1. The van der Waals surface area contributed by atoms with E-state index in [2.05, 4.69) is 10.2 Å². The number of nitrogens with one attached hydrogen (secondary N) is 1. The van der Waals surface area contributed by atoms with Crippen molar-refractivity contribution < 1.29 is 4.79 Å². The third-order valence-electron chi connectivity index (χ3n) is 3.36. The summed E-state index contributed by atoms with van der Waals surface area (Å²) in [6.45, 7) is 5.89. The van der Waals surface area contributed by atoms with Gasteiger partial charge < -0.3 is 16.0 Å². The molecule has 0 unspecified atom stereocenters. The molecule has 0 spiro atoms. The second-order valence-electron chi connectivity index (χ2n) is 4.90. The van der Waals surface area contributed by atoms with E-state index in [4.69, 9.17) is 5.73 Å². The summed E-state index contributed by atoms with van der Waals surface area (Å²) in [6.07, 6.45) is 2.55. The van der Waals surface area contributed by atoms with Crippen LogP contribution in [0.3, 0.4) is 0 Å². The molecule has 1 heterocycles. The molecule has 0 saturated carbocycles. The van der Waals surface area contributed by atoms with E-state index < -0.39 is 0 Å². The number of hydrogen-bond acceptors (Lipinski definition) is 3. The molecule has 1 aliphatic heterocycles. The normalized spacial score (nSPS) is 15.8. The zero-order chi connectivity index (χ0) is 13.0. The van der Waals surface area contributed by atoms with Gasteiger partial charge in [-0.1, -0.05) is 6.07 Å². The molecule has 0 bridgehead atoms. The van der Waals surface area contributed by atoms with Crippen LogP contribution in [0.2, 0.25) is 0 Å². The van der Waals surface area contributed by atoms with Gasteiger partial charge in [0, 0.05) is 18.8 Å². The molecule has 0 radical (unpaired) electrons. The Morgan fingerprint density at radius 1 is 1.39 bits per heavy atom. The molecule has 1 aliphatic rings. The summed E-state index contributed by atoms with van der Waals surface area (Å²) in [6, 6.07) is 5.52. The third-order valence-corrected chi connectivity index (χ3v) is 3.36. The number of nitrogens with zero attached hydrogens (tertiary/aromatic N) is 1. The first-order chi connectivity index (χ1) is 8.66. The lowest BCUT2D eigenvalue weighted by atomic mass is 10.1. The fourth-order valence-electron chi connectivity index (χ4n) is 2.32. The van der Waals surface area contributed by atoms with Crippen molar-refractivity contribution in [3.63, 3.8) is 0 Å². The molecule has 1 aromatic carbocycles. The molecular weight excluding hydrogens is 226 g/mol. The number of amides is 1. The number of anilines is 1. The van der Waals surface area contributed by atoms with Gasteiger partial charge in [0.05, 0.1) is 5.56 Å². The van der Waals surface area contributed by atoms with Gasteiger partial charge in [0.25, 0.3) is 5.91 Å². The van der Waals surface area contributed by atoms with E-state index in [0.29, 0.717) is 17.8 Å². The van der Waals surface area contributed by atoms with Crippen molar-refractivity contribution in [3.05, 3.63) is 29.3 Å². The van der Waals surface area contributed by atoms with Crippen LogP contribution < -0.4 is 11.1 Å². The van der Waals surface area contributed by atoms with Crippen LogP contribution in [0.15, 0.2) is 18.2 Å². The quantitative estimate of drug-likeness (QED) is 0.791. The van der Waals surface area contributed by atoms with Crippen molar-refractivity contribution in [2.45, 2.75) is 19.8 Å². The van der Waals surface area contributed by atoms with Crippen molar-refractivity contribution in [2.75, 3.05) is 31.9 Å². The Balaban J connectivity index is 1.83. The first-order valence-corrected chi connectivity index (χ1v) is 6.53. The smallest absolute Gasteiger partial charge is 0.253 e. The van der Waals surface area contributed by atoms with Crippen molar-refractivity contribution in [1.82, 2.24) is 10.2 Å². The first kappa shape index (κ1) is 12.9. The van der Waals surface area contributed by atoms with Gasteiger partial charge in [-0.15, -0.1) is 0 Å². The number of likely N-dealkylation sites (tertiary alicyclic amines) is 1. The molecular formula is C14H21N3O. The third kappa shape index (κ3) is 3.23. The highest BCUT2D eigenvalue weighted by atomic mass is 16.1. The van der Waals surface area contributed by atoms with Crippen LogP contribution in [0.1, 0.15) is 28.8 Å². The van der Waals surface area contributed by atoms with Gasteiger partial charge in [0.15, 0.2) is 0 Å². The molecule has 1 fully saturated rings. The van der Waals surface area contributed by atoms with Crippen LogP contribution >= 0.6 is 0 Å². The van der Waals surface area contributed by atoms with Gasteiger partial charge in [-0.25, -0.2) is 0 Å². The standard InChI is InChI=1S/C14H21N3O/c1-11-4-5-12(13(15)10-11)14(18)16-6-9-17-7-2-3-8-17/h4-5,10H,2-3,6-9,15H2,1H3,(H,16,18). The van der Waals surface area contributed by atoms with E-state index >= 15 is 0 Å². The SMILES string of the molecule is Cc1ccc(C(=O)NCCN2CCCC2)c(N)c1. The Morgan fingerprint density at radius 2 is 2.11 bits per heavy atom. The summed E-state index contributed by atoms with van der Waals surface area (Å²) < 4.78 is 0. The van der Waals surface area contributed by atoms with Crippen molar-refractivity contribution >= 4 is 11.6 Å². The number of carbonyl (C=O) groups is 1. The number of nitrogen functional groups attached to an aromatic ring is 1. The van der Waals surface area contributed by atoms with Crippen molar-refractivity contribution in [2.24, 2.45) is 0 Å². The molecule has 3 N–H and O–H groups in total. The maximum absolute atomic E-state index is 11.9. The number of carbonyl (C=O) groups excluding carboxylic acids is 1. The van der Waals surface area contributed by atoms with Gasteiger partial charge in [0.2, 0.25) is 0 Å². The monoisotopic (exact) mass is 247 g/mol. The van der Waals surface area contributed by atoms with Gasteiger partial charge >= 0.3 is 0 Å². The molecule has 2 rings (SSSR count). The molecule has 4 heteroatoms. The van der Waals surface area contributed by atoms with Crippen molar-refractivity contribution in [1.29, 1.82) is 0 Å². The minimum absolute atomic E-state index is 0.0771. The van der Waals surface area contributed by atoms with Crippen molar-refractivity contribution in [3.8, 4) is 0 Å². The Morgan fingerprint density at radius 3 is 2.78 bits per heavy atom. The predicted molar refractivity (Wildman–Crippen MR) is 73.6 cm³/mol. The number of aryl methyl sites for hydroxylation is 1. The molecule has 18 heavy (non-hydrogen) atoms. The largest absolute Gasteiger partial charge is 0.398 e. The summed E-state index contributed by atoms with van der Waals surface area (Å²) in [4.78, 5) is 14.3. The lowest BCUT2D eigenvalue weighted by Crippen LogP contribution is -2.33. The average molecular weight is 247 g/mol. The van der Waals surface area contributed by atoms with Gasteiger partial charge in [0.1, 0.15) is 0 Å². The van der Waals surface area contributed by atoms with E-state index in [1.54, 1.807) is 6.07 Å². The Labute approximate surface area is 108 Å².